The number of para-hydroxylation sites is 1. The summed E-state index contributed by atoms with van der Waals surface area (Å²) < 4.78 is 2.08. The summed E-state index contributed by atoms with van der Waals surface area (Å²) in [5.41, 5.74) is 0.727. The van der Waals surface area contributed by atoms with Gasteiger partial charge in [-0.05, 0) is 69.9 Å². The number of unbranched alkanes of at least 4 members (excludes halogenated alkanes) is 2. The molecule has 1 unspecified atom stereocenters. The van der Waals surface area contributed by atoms with Gasteiger partial charge in [0.25, 0.3) is 5.56 Å². The summed E-state index contributed by atoms with van der Waals surface area (Å²) in [5, 5.41) is 3.70. The number of rotatable bonds is 10. The molecule has 3 rings (SSSR count). The first-order chi connectivity index (χ1) is 14.6. The van der Waals surface area contributed by atoms with Gasteiger partial charge in [-0.2, -0.15) is 0 Å². The molecule has 0 spiro atoms. The molecule has 164 valence electrons. The molecule has 7 heteroatoms. The van der Waals surface area contributed by atoms with Gasteiger partial charge in [-0.25, -0.2) is 0 Å². The van der Waals surface area contributed by atoms with Crippen molar-refractivity contribution in [3.63, 3.8) is 0 Å². The summed E-state index contributed by atoms with van der Waals surface area (Å²) in [6.07, 6.45) is 8.04. The molecule has 1 aromatic heterocycles. The molecule has 1 aromatic carbocycles. The molecule has 1 aliphatic rings. The number of hydrogen-bond donors (Lipinski definition) is 2. The molecule has 1 saturated heterocycles. The third-order valence-corrected chi connectivity index (χ3v) is 6.38. The zero-order chi connectivity index (χ0) is 21.3. The summed E-state index contributed by atoms with van der Waals surface area (Å²) in [6.45, 7) is 5.90. The molecule has 1 aliphatic heterocycles. The van der Waals surface area contributed by atoms with E-state index in [-0.39, 0.29) is 11.5 Å². The zero-order valence-electron chi connectivity index (χ0n) is 18.0. The van der Waals surface area contributed by atoms with Gasteiger partial charge in [-0.15, -0.1) is 0 Å². The molecule has 1 fully saturated rings. The highest BCUT2D eigenvalue weighted by molar-refractivity contribution is 7.71. The Bertz CT molecular complexity index is 952. The van der Waals surface area contributed by atoms with Crippen LogP contribution < -0.4 is 10.9 Å². The number of carbonyl (C=O) groups is 1. The van der Waals surface area contributed by atoms with Crippen LogP contribution >= 0.6 is 12.2 Å². The van der Waals surface area contributed by atoms with E-state index in [1.165, 1.54) is 25.8 Å². The fraction of sp³-hybridized carbons (Fsp3) is 0.609. The van der Waals surface area contributed by atoms with Crippen LogP contribution in [-0.2, 0) is 11.3 Å². The van der Waals surface area contributed by atoms with Crippen molar-refractivity contribution in [1.82, 2.24) is 19.8 Å². The lowest BCUT2D eigenvalue weighted by Gasteiger charge is -2.33. The number of carbonyl (C=O) groups excluding carboxylic acids is 1. The molecule has 2 heterocycles. The van der Waals surface area contributed by atoms with E-state index in [0.717, 1.165) is 44.3 Å². The Balaban J connectivity index is 1.32. The summed E-state index contributed by atoms with van der Waals surface area (Å²) in [6, 6.07) is 8.10. The molecule has 0 radical (unpaired) electrons. The molecule has 1 atom stereocenters. The molecule has 2 N–H and O–H groups in total. The topological polar surface area (TPSA) is 70.1 Å². The highest BCUT2D eigenvalue weighted by Gasteiger charge is 2.17. The lowest BCUT2D eigenvalue weighted by Crippen LogP contribution is -2.39. The minimum absolute atomic E-state index is 0.0462. The van der Waals surface area contributed by atoms with Gasteiger partial charge in [0.15, 0.2) is 4.77 Å². The second-order valence-corrected chi connectivity index (χ2v) is 8.71. The maximum Gasteiger partial charge on any atom is 0.262 e. The van der Waals surface area contributed by atoms with E-state index in [2.05, 4.69) is 22.1 Å². The Morgan fingerprint density at radius 2 is 2.00 bits per heavy atom. The summed E-state index contributed by atoms with van der Waals surface area (Å²) >= 11 is 5.34. The second kappa shape index (κ2) is 11.4. The fourth-order valence-electron chi connectivity index (χ4n) is 4.22. The highest BCUT2D eigenvalue weighted by atomic mass is 32.1. The van der Waals surface area contributed by atoms with Gasteiger partial charge in [0.1, 0.15) is 0 Å². The number of nitrogens with one attached hydrogen (secondary N) is 2. The third kappa shape index (κ3) is 6.25. The third-order valence-electron chi connectivity index (χ3n) is 6.06. The number of hydrogen-bond acceptors (Lipinski definition) is 4. The first kappa shape index (κ1) is 22.7. The second-order valence-electron chi connectivity index (χ2n) is 8.33. The van der Waals surface area contributed by atoms with Gasteiger partial charge in [0, 0.05) is 32.1 Å². The summed E-state index contributed by atoms with van der Waals surface area (Å²) in [7, 11) is 0. The average Bonchev–Trinajstić information content (AvgIpc) is 2.74. The Kier molecular flexibility index (Phi) is 8.63. The van der Waals surface area contributed by atoms with Gasteiger partial charge in [0.2, 0.25) is 5.91 Å². The minimum Gasteiger partial charge on any atom is -0.356 e. The van der Waals surface area contributed by atoms with Crippen molar-refractivity contribution in [2.75, 3.05) is 19.6 Å². The van der Waals surface area contributed by atoms with Gasteiger partial charge in [-0.3, -0.25) is 14.2 Å². The van der Waals surface area contributed by atoms with Gasteiger partial charge >= 0.3 is 0 Å². The van der Waals surface area contributed by atoms with Crippen LogP contribution in [0.5, 0.6) is 0 Å². The van der Waals surface area contributed by atoms with Crippen molar-refractivity contribution in [2.24, 2.45) is 0 Å². The molecule has 0 bridgehead atoms. The van der Waals surface area contributed by atoms with Crippen LogP contribution in [0.3, 0.4) is 0 Å². The largest absolute Gasteiger partial charge is 0.356 e. The van der Waals surface area contributed by atoms with Crippen LogP contribution in [0.15, 0.2) is 29.1 Å². The summed E-state index contributed by atoms with van der Waals surface area (Å²) in [4.78, 5) is 30.3. The van der Waals surface area contributed by atoms with E-state index >= 15 is 0 Å². The van der Waals surface area contributed by atoms with Crippen LogP contribution in [0.1, 0.15) is 58.3 Å². The molecular formula is C23H34N4O2S. The van der Waals surface area contributed by atoms with Crippen molar-refractivity contribution in [2.45, 2.75) is 70.9 Å². The van der Waals surface area contributed by atoms with Crippen LogP contribution in [0, 0.1) is 4.77 Å². The number of H-pyrrole nitrogens is 1. The first-order valence-electron chi connectivity index (χ1n) is 11.3. The van der Waals surface area contributed by atoms with E-state index in [9.17, 15) is 9.59 Å². The van der Waals surface area contributed by atoms with E-state index in [4.69, 9.17) is 12.2 Å². The standard InChI is InChI=1S/C23H34N4O2S/c1-18-10-6-8-15-26(18)16-9-14-24-21(28)13-3-2-7-17-27-22(29)19-11-4-5-12-20(19)25-23(27)30/h4-5,11-12,18H,2-3,6-10,13-17H2,1H3,(H,24,28)(H,25,30). The first-order valence-corrected chi connectivity index (χ1v) is 11.7. The number of benzene rings is 1. The predicted octanol–water partition coefficient (Wildman–Crippen LogP) is 4.00. The quantitative estimate of drug-likeness (QED) is 0.442. The van der Waals surface area contributed by atoms with Crippen molar-refractivity contribution in [1.29, 1.82) is 0 Å². The van der Waals surface area contributed by atoms with Gasteiger partial charge < -0.3 is 15.2 Å². The molecule has 30 heavy (non-hydrogen) atoms. The predicted molar refractivity (Wildman–Crippen MR) is 124 cm³/mol. The SMILES string of the molecule is CC1CCCCN1CCCNC(=O)CCCCCn1c(=S)[nH]c2ccccc2c1=O. The van der Waals surface area contributed by atoms with Crippen LogP contribution in [-0.4, -0.2) is 46.0 Å². The highest BCUT2D eigenvalue weighted by Crippen LogP contribution is 2.16. The van der Waals surface area contributed by atoms with Crippen LogP contribution in [0.2, 0.25) is 0 Å². The number of aromatic amines is 1. The zero-order valence-corrected chi connectivity index (χ0v) is 18.8. The Morgan fingerprint density at radius 3 is 2.83 bits per heavy atom. The smallest absolute Gasteiger partial charge is 0.262 e. The Hall–Kier alpha value is -1.99. The maximum atomic E-state index is 12.6. The summed E-state index contributed by atoms with van der Waals surface area (Å²) in [5.74, 6) is 0.127. The normalized spacial score (nSPS) is 17.3. The number of nitrogens with zero attached hydrogens (tertiary/aromatic N) is 2. The van der Waals surface area contributed by atoms with Crippen molar-refractivity contribution < 1.29 is 4.79 Å². The number of fused-ring (bicyclic) bond motifs is 1. The molecule has 6 nitrogen and oxygen atoms in total. The minimum atomic E-state index is -0.0462. The molecule has 0 aliphatic carbocycles. The molecule has 0 saturated carbocycles. The van der Waals surface area contributed by atoms with Crippen LogP contribution in [0.25, 0.3) is 10.9 Å². The lowest BCUT2D eigenvalue weighted by molar-refractivity contribution is -0.121. The van der Waals surface area contributed by atoms with E-state index in [1.807, 2.05) is 24.3 Å². The number of aromatic nitrogens is 2. The number of likely N-dealkylation sites (tertiary alicyclic amines) is 1. The lowest BCUT2D eigenvalue weighted by atomic mass is 10.0. The average molecular weight is 431 g/mol. The molecule has 1 amide bonds. The molecule has 2 aromatic rings. The van der Waals surface area contributed by atoms with E-state index in [1.54, 1.807) is 4.57 Å². The van der Waals surface area contributed by atoms with E-state index < -0.39 is 0 Å². The van der Waals surface area contributed by atoms with Crippen molar-refractivity contribution in [3.05, 3.63) is 39.4 Å². The number of amides is 1. The van der Waals surface area contributed by atoms with Crippen molar-refractivity contribution in [3.8, 4) is 0 Å². The fourth-order valence-corrected chi connectivity index (χ4v) is 4.51. The monoisotopic (exact) mass is 430 g/mol. The Labute approximate surface area is 183 Å². The molecular weight excluding hydrogens is 396 g/mol. The Morgan fingerprint density at radius 1 is 1.17 bits per heavy atom. The number of piperidine rings is 1. The van der Waals surface area contributed by atoms with Crippen LogP contribution in [0.4, 0.5) is 0 Å². The van der Waals surface area contributed by atoms with Crippen molar-refractivity contribution >= 4 is 29.0 Å². The van der Waals surface area contributed by atoms with E-state index in [0.29, 0.717) is 29.2 Å². The van der Waals surface area contributed by atoms with Gasteiger partial charge in [-0.1, -0.05) is 25.0 Å². The van der Waals surface area contributed by atoms with Gasteiger partial charge in [0.05, 0.1) is 10.9 Å². The maximum absolute atomic E-state index is 12.6.